The fourth-order valence-electron chi connectivity index (χ4n) is 2.15. The Kier molecular flexibility index (Phi) is 4.11. The number of hydrogen-bond donors (Lipinski definition) is 2. The molecule has 1 aliphatic heterocycles. The van der Waals surface area contributed by atoms with E-state index in [9.17, 15) is 14.4 Å². The highest BCUT2D eigenvalue weighted by Crippen LogP contribution is 2.23. The summed E-state index contributed by atoms with van der Waals surface area (Å²) in [5.41, 5.74) is 1.53. The van der Waals surface area contributed by atoms with Crippen LogP contribution in [0.1, 0.15) is 12.7 Å². The van der Waals surface area contributed by atoms with Crippen molar-refractivity contribution in [1.29, 1.82) is 0 Å². The van der Waals surface area contributed by atoms with Gasteiger partial charge < -0.3 is 9.73 Å². The zero-order valence-electron chi connectivity index (χ0n) is 12.8. The van der Waals surface area contributed by atoms with Crippen molar-refractivity contribution in [1.82, 2.24) is 10.3 Å². The third-order valence-electron chi connectivity index (χ3n) is 3.22. The minimum absolute atomic E-state index is 0.104. The minimum Gasteiger partial charge on any atom is -0.455 e. The number of amides is 4. The molecular formula is C16H14N4O4. The van der Waals surface area contributed by atoms with Crippen LogP contribution in [-0.4, -0.2) is 35.6 Å². The van der Waals surface area contributed by atoms with E-state index in [0.717, 1.165) is 10.6 Å². The Morgan fingerprint density at radius 2 is 2.00 bits per heavy atom. The van der Waals surface area contributed by atoms with Crippen LogP contribution in [-0.2, 0) is 9.59 Å². The predicted molar refractivity (Wildman–Crippen MR) is 86.3 cm³/mol. The van der Waals surface area contributed by atoms with E-state index < -0.39 is 11.9 Å². The van der Waals surface area contributed by atoms with Crippen LogP contribution in [0.3, 0.4) is 0 Å². The standard InChI is InChI=1S/C16H14N4O4/c1-10(21)18-12-4-2-11(3-5-12)14-7-6-13(24-14)8-17-20-9-15(22)19-16(20)23/h2-8H,9H2,1H3,(H,18,21)(H,19,22,23)/b17-8-. The summed E-state index contributed by atoms with van der Waals surface area (Å²) < 4.78 is 5.63. The van der Waals surface area contributed by atoms with Gasteiger partial charge in [0, 0.05) is 18.2 Å². The average Bonchev–Trinajstić information content (AvgIpc) is 3.12. The molecule has 2 heterocycles. The molecule has 0 aliphatic carbocycles. The number of carbonyl (C=O) groups is 3. The fourth-order valence-corrected chi connectivity index (χ4v) is 2.15. The average molecular weight is 326 g/mol. The van der Waals surface area contributed by atoms with E-state index in [1.165, 1.54) is 13.1 Å². The van der Waals surface area contributed by atoms with Gasteiger partial charge in [-0.1, -0.05) is 0 Å². The van der Waals surface area contributed by atoms with E-state index in [1.54, 1.807) is 24.3 Å². The number of urea groups is 1. The zero-order valence-corrected chi connectivity index (χ0v) is 12.8. The molecule has 122 valence electrons. The summed E-state index contributed by atoms with van der Waals surface area (Å²) >= 11 is 0. The molecule has 3 rings (SSSR count). The molecule has 24 heavy (non-hydrogen) atoms. The van der Waals surface area contributed by atoms with Gasteiger partial charge in [-0.2, -0.15) is 5.10 Å². The highest BCUT2D eigenvalue weighted by molar-refractivity contribution is 6.02. The van der Waals surface area contributed by atoms with Crippen LogP contribution >= 0.6 is 0 Å². The van der Waals surface area contributed by atoms with Gasteiger partial charge in [0.1, 0.15) is 18.1 Å². The molecule has 2 N–H and O–H groups in total. The Bertz CT molecular complexity index is 823. The Balaban J connectivity index is 1.70. The van der Waals surface area contributed by atoms with Gasteiger partial charge in [0.15, 0.2) is 0 Å². The number of carbonyl (C=O) groups excluding carboxylic acids is 3. The molecule has 0 spiro atoms. The molecule has 0 atom stereocenters. The van der Waals surface area contributed by atoms with E-state index in [4.69, 9.17) is 4.42 Å². The molecule has 2 aromatic rings. The Morgan fingerprint density at radius 3 is 2.62 bits per heavy atom. The van der Waals surface area contributed by atoms with Gasteiger partial charge in [-0.05, 0) is 36.4 Å². The van der Waals surface area contributed by atoms with Crippen molar-refractivity contribution >= 4 is 29.7 Å². The van der Waals surface area contributed by atoms with Gasteiger partial charge in [-0.15, -0.1) is 0 Å². The van der Waals surface area contributed by atoms with Gasteiger partial charge in [-0.3, -0.25) is 14.9 Å². The SMILES string of the molecule is CC(=O)Nc1ccc(-c2ccc(/C=N\N3CC(=O)NC3=O)o2)cc1. The zero-order chi connectivity index (χ0) is 17.1. The first-order valence-electron chi connectivity index (χ1n) is 7.14. The third kappa shape index (κ3) is 3.49. The summed E-state index contributed by atoms with van der Waals surface area (Å²) in [4.78, 5) is 33.4. The first-order valence-corrected chi connectivity index (χ1v) is 7.14. The van der Waals surface area contributed by atoms with Gasteiger partial charge >= 0.3 is 6.03 Å². The molecule has 0 saturated carbocycles. The number of rotatable bonds is 4. The highest BCUT2D eigenvalue weighted by Gasteiger charge is 2.25. The number of nitrogens with one attached hydrogen (secondary N) is 2. The van der Waals surface area contributed by atoms with Crippen LogP contribution in [0.25, 0.3) is 11.3 Å². The van der Waals surface area contributed by atoms with Crippen LogP contribution in [0.2, 0.25) is 0 Å². The molecule has 0 bridgehead atoms. The molecule has 0 unspecified atom stereocenters. The fraction of sp³-hybridized carbons (Fsp3) is 0.125. The first kappa shape index (κ1) is 15.5. The number of furan rings is 1. The molecule has 1 aromatic heterocycles. The summed E-state index contributed by atoms with van der Waals surface area (Å²) in [7, 11) is 0. The third-order valence-corrected chi connectivity index (χ3v) is 3.22. The second-order valence-electron chi connectivity index (χ2n) is 5.12. The van der Waals surface area contributed by atoms with Crippen molar-refractivity contribution in [3.63, 3.8) is 0 Å². The lowest BCUT2D eigenvalue weighted by Gasteiger charge is -2.03. The number of anilines is 1. The summed E-state index contributed by atoms with van der Waals surface area (Å²) in [6.07, 6.45) is 1.37. The van der Waals surface area contributed by atoms with Crippen LogP contribution in [0.5, 0.6) is 0 Å². The van der Waals surface area contributed by atoms with Gasteiger partial charge in [0.2, 0.25) is 11.8 Å². The molecule has 4 amide bonds. The summed E-state index contributed by atoms with van der Waals surface area (Å²) in [5.74, 6) is 0.538. The second kappa shape index (κ2) is 6.37. The Morgan fingerprint density at radius 1 is 1.25 bits per heavy atom. The van der Waals surface area contributed by atoms with Crippen molar-refractivity contribution in [2.45, 2.75) is 6.92 Å². The molecule has 1 aromatic carbocycles. The normalized spacial score (nSPS) is 14.3. The topological polar surface area (TPSA) is 104 Å². The van der Waals surface area contributed by atoms with Crippen LogP contribution in [0.4, 0.5) is 10.5 Å². The van der Waals surface area contributed by atoms with E-state index in [1.807, 2.05) is 12.1 Å². The smallest absolute Gasteiger partial charge is 0.344 e. The molecular weight excluding hydrogens is 312 g/mol. The molecule has 1 aliphatic rings. The van der Waals surface area contributed by atoms with Crippen LogP contribution < -0.4 is 10.6 Å². The first-order chi connectivity index (χ1) is 11.5. The van der Waals surface area contributed by atoms with Crippen molar-refractivity contribution < 1.29 is 18.8 Å². The minimum atomic E-state index is -0.559. The lowest BCUT2D eigenvalue weighted by molar-refractivity contribution is -0.118. The van der Waals surface area contributed by atoms with Gasteiger partial charge in [0.25, 0.3) is 0 Å². The predicted octanol–water partition coefficient (Wildman–Crippen LogP) is 1.79. The maximum Gasteiger partial charge on any atom is 0.344 e. The molecule has 0 radical (unpaired) electrons. The van der Waals surface area contributed by atoms with Crippen LogP contribution in [0, 0.1) is 0 Å². The van der Waals surface area contributed by atoms with Gasteiger partial charge in [-0.25, -0.2) is 9.80 Å². The summed E-state index contributed by atoms with van der Waals surface area (Å²) in [6, 6.07) is 10.1. The van der Waals surface area contributed by atoms with E-state index in [-0.39, 0.29) is 12.5 Å². The largest absolute Gasteiger partial charge is 0.455 e. The van der Waals surface area contributed by atoms with Crippen molar-refractivity contribution in [3.05, 3.63) is 42.2 Å². The van der Waals surface area contributed by atoms with Crippen molar-refractivity contribution in [3.8, 4) is 11.3 Å². The molecule has 1 fully saturated rings. The van der Waals surface area contributed by atoms with E-state index in [0.29, 0.717) is 17.2 Å². The maximum absolute atomic E-state index is 11.4. The summed E-state index contributed by atoms with van der Waals surface area (Å²) in [6.45, 7) is 1.34. The lowest BCUT2D eigenvalue weighted by Crippen LogP contribution is -2.24. The Labute approximate surface area is 137 Å². The van der Waals surface area contributed by atoms with Crippen molar-refractivity contribution in [2.24, 2.45) is 5.10 Å². The lowest BCUT2D eigenvalue weighted by atomic mass is 10.1. The van der Waals surface area contributed by atoms with Crippen molar-refractivity contribution in [2.75, 3.05) is 11.9 Å². The monoisotopic (exact) mass is 326 g/mol. The summed E-state index contributed by atoms with van der Waals surface area (Å²) in [5, 5.41) is 9.75. The highest BCUT2D eigenvalue weighted by atomic mass is 16.3. The van der Waals surface area contributed by atoms with Gasteiger partial charge in [0.05, 0.1) is 6.21 Å². The Hall–Kier alpha value is -3.42. The number of nitrogens with zero attached hydrogens (tertiary/aromatic N) is 2. The number of imide groups is 1. The van der Waals surface area contributed by atoms with E-state index in [2.05, 4.69) is 15.7 Å². The maximum atomic E-state index is 11.4. The number of hydrogen-bond acceptors (Lipinski definition) is 5. The quantitative estimate of drug-likeness (QED) is 0.660. The number of benzene rings is 1. The molecule has 8 nitrogen and oxygen atoms in total. The molecule has 1 saturated heterocycles. The number of hydrazone groups is 1. The van der Waals surface area contributed by atoms with E-state index >= 15 is 0 Å². The second-order valence-corrected chi connectivity index (χ2v) is 5.12. The molecule has 8 heteroatoms. The van der Waals surface area contributed by atoms with Crippen LogP contribution in [0.15, 0.2) is 45.9 Å².